The molecule has 1 aliphatic heterocycles. The first-order chi connectivity index (χ1) is 14.0. The number of carbonyl (C=O) groups is 1. The van der Waals surface area contributed by atoms with Crippen LogP contribution in [0.5, 0.6) is 0 Å². The number of aliphatic hydroxyl groups excluding tert-OH is 1. The fraction of sp³-hybridized carbons (Fsp3) is 0.917. The first-order valence-corrected chi connectivity index (χ1v) is 12.0. The Balaban J connectivity index is 0.00000218. The van der Waals surface area contributed by atoms with Gasteiger partial charge in [0.25, 0.3) is 0 Å². The van der Waals surface area contributed by atoms with E-state index in [-0.39, 0.29) is 35.9 Å². The van der Waals surface area contributed by atoms with Gasteiger partial charge in [-0.25, -0.2) is 0 Å². The topological polar surface area (TPSA) is 70.9 Å². The summed E-state index contributed by atoms with van der Waals surface area (Å²) < 4.78 is 0. The maximum Gasteiger partial charge on any atom is 0.141 e. The van der Waals surface area contributed by atoms with Gasteiger partial charge in [-0.3, -0.25) is 4.79 Å². The van der Waals surface area contributed by atoms with Gasteiger partial charge in [0.05, 0.1) is 5.71 Å². The van der Waals surface area contributed by atoms with Crippen LogP contribution < -0.4 is 5.32 Å². The fourth-order valence-corrected chi connectivity index (χ4v) is 8.23. The molecule has 0 aromatic carbocycles. The third-order valence-corrected chi connectivity index (χ3v) is 9.97. The van der Waals surface area contributed by atoms with Crippen LogP contribution in [0.2, 0.25) is 0 Å². The van der Waals surface area contributed by atoms with Gasteiger partial charge in [-0.1, -0.05) is 19.0 Å². The van der Waals surface area contributed by atoms with Crippen LogP contribution >= 0.6 is 12.4 Å². The Morgan fingerprint density at radius 3 is 2.70 bits per heavy atom. The molecule has 0 radical (unpaired) electrons. The normalized spacial score (nSPS) is 49.2. The molecule has 1 heterocycles. The molecular formula is C24H39ClN2O3. The van der Waals surface area contributed by atoms with Crippen molar-refractivity contribution >= 4 is 23.9 Å². The van der Waals surface area contributed by atoms with Gasteiger partial charge >= 0.3 is 0 Å². The number of halogens is 1. The lowest BCUT2D eigenvalue weighted by atomic mass is 9.43. The summed E-state index contributed by atoms with van der Waals surface area (Å²) in [4.78, 5) is 18.5. The molecule has 0 amide bonds. The van der Waals surface area contributed by atoms with Crippen LogP contribution in [0.3, 0.4) is 0 Å². The van der Waals surface area contributed by atoms with Gasteiger partial charge in [-0.2, -0.15) is 0 Å². The number of nitrogens with one attached hydrogen (secondary N) is 1. The lowest BCUT2D eigenvalue weighted by molar-refractivity contribution is -0.145. The number of aliphatic hydroxyl groups is 1. The Morgan fingerprint density at radius 2 is 1.97 bits per heavy atom. The Labute approximate surface area is 187 Å². The highest BCUT2D eigenvalue weighted by Crippen LogP contribution is 2.66. The van der Waals surface area contributed by atoms with Crippen molar-refractivity contribution in [2.75, 3.05) is 19.7 Å². The predicted octanol–water partition coefficient (Wildman–Crippen LogP) is 3.97. The van der Waals surface area contributed by atoms with Crippen molar-refractivity contribution in [3.63, 3.8) is 0 Å². The standard InChI is InChI=1S/C24H38N2O3.ClH/c1-23-8-5-16(26-29-17-7-10-25-13-17)12-21(23)15(14-27)11-18-19-3-4-22(28)24(19,2)9-6-20(18)23;/h15,17-21,25,27H,3-14H2,1-2H3;1H/b26-16+;/t15-,17-,18+,19+,20+,21-,23-,24+;/m1./s1. The molecule has 4 aliphatic carbocycles. The molecule has 5 aliphatic rings. The van der Waals surface area contributed by atoms with E-state index in [1.807, 2.05) is 0 Å². The quantitative estimate of drug-likeness (QED) is 0.654. The number of carbonyl (C=O) groups excluding carboxylic acids is 1. The van der Waals surface area contributed by atoms with Gasteiger partial charge < -0.3 is 15.3 Å². The van der Waals surface area contributed by atoms with Crippen molar-refractivity contribution in [2.24, 2.45) is 45.6 Å². The Kier molecular flexibility index (Phi) is 6.29. The molecule has 0 aromatic rings. The van der Waals surface area contributed by atoms with Gasteiger partial charge in [0.2, 0.25) is 0 Å². The van der Waals surface area contributed by atoms with Crippen LogP contribution in [0.25, 0.3) is 0 Å². The molecule has 4 saturated carbocycles. The molecule has 0 spiro atoms. The zero-order chi connectivity index (χ0) is 20.2. The summed E-state index contributed by atoms with van der Waals surface area (Å²) in [7, 11) is 0. The van der Waals surface area contributed by atoms with E-state index in [0.717, 1.165) is 64.5 Å². The smallest absolute Gasteiger partial charge is 0.141 e. The minimum Gasteiger partial charge on any atom is -0.396 e. The van der Waals surface area contributed by atoms with Crippen LogP contribution in [0.1, 0.15) is 71.6 Å². The first kappa shape index (κ1) is 22.5. The van der Waals surface area contributed by atoms with Crippen molar-refractivity contribution < 1.29 is 14.7 Å². The largest absolute Gasteiger partial charge is 0.396 e. The van der Waals surface area contributed by atoms with E-state index >= 15 is 0 Å². The average molecular weight is 439 g/mol. The second-order valence-corrected chi connectivity index (χ2v) is 11.2. The van der Waals surface area contributed by atoms with Crippen LogP contribution in [0.15, 0.2) is 5.16 Å². The van der Waals surface area contributed by atoms with E-state index in [4.69, 9.17) is 4.84 Å². The molecule has 6 heteroatoms. The second kappa shape index (κ2) is 8.37. The van der Waals surface area contributed by atoms with Crippen molar-refractivity contribution in [3.05, 3.63) is 0 Å². The molecule has 5 nitrogen and oxygen atoms in total. The monoisotopic (exact) mass is 438 g/mol. The van der Waals surface area contributed by atoms with Gasteiger partial charge in [-0.05, 0) is 86.5 Å². The molecule has 170 valence electrons. The molecule has 2 N–H and O–H groups in total. The van der Waals surface area contributed by atoms with Crippen LogP contribution in [0, 0.1) is 40.4 Å². The third kappa shape index (κ3) is 3.44. The lowest BCUT2D eigenvalue weighted by Gasteiger charge is -2.61. The number of ketones is 1. The number of oxime groups is 1. The van der Waals surface area contributed by atoms with Gasteiger partial charge in [-0.15, -0.1) is 12.4 Å². The van der Waals surface area contributed by atoms with Crippen molar-refractivity contribution in [2.45, 2.75) is 77.7 Å². The van der Waals surface area contributed by atoms with E-state index < -0.39 is 0 Å². The minimum absolute atomic E-state index is 0. The number of Topliss-reactive ketones (excluding diaryl/α,β-unsaturated/α-hetero) is 1. The Hall–Kier alpha value is -0.650. The molecule has 0 aromatic heterocycles. The maximum absolute atomic E-state index is 12.7. The fourth-order valence-electron chi connectivity index (χ4n) is 8.23. The Morgan fingerprint density at radius 1 is 1.13 bits per heavy atom. The first-order valence-electron chi connectivity index (χ1n) is 12.0. The Bertz CT molecular complexity index is 694. The summed E-state index contributed by atoms with van der Waals surface area (Å²) in [6.07, 6.45) is 9.61. The van der Waals surface area contributed by atoms with E-state index in [9.17, 15) is 9.90 Å². The van der Waals surface area contributed by atoms with Gasteiger partial charge in [0.15, 0.2) is 0 Å². The van der Waals surface area contributed by atoms with Crippen molar-refractivity contribution in [3.8, 4) is 0 Å². The van der Waals surface area contributed by atoms with Crippen LogP contribution in [-0.4, -0.2) is 42.4 Å². The van der Waals surface area contributed by atoms with Crippen molar-refractivity contribution in [1.29, 1.82) is 0 Å². The average Bonchev–Trinajstić information content (AvgIpc) is 3.34. The van der Waals surface area contributed by atoms with E-state index in [2.05, 4.69) is 24.3 Å². The van der Waals surface area contributed by atoms with E-state index in [0.29, 0.717) is 35.4 Å². The van der Waals surface area contributed by atoms with Gasteiger partial charge in [0, 0.05) is 31.4 Å². The molecule has 5 rings (SSSR count). The summed E-state index contributed by atoms with van der Waals surface area (Å²) in [5, 5.41) is 18.3. The number of rotatable bonds is 3. The summed E-state index contributed by atoms with van der Waals surface area (Å²) >= 11 is 0. The number of nitrogens with zero attached hydrogens (tertiary/aromatic N) is 1. The van der Waals surface area contributed by atoms with E-state index in [1.165, 1.54) is 12.1 Å². The number of hydrogen-bond donors (Lipinski definition) is 2. The molecule has 0 bridgehead atoms. The zero-order valence-corrected chi connectivity index (χ0v) is 19.4. The van der Waals surface area contributed by atoms with E-state index in [1.54, 1.807) is 0 Å². The number of hydrogen-bond acceptors (Lipinski definition) is 5. The maximum atomic E-state index is 12.7. The lowest BCUT2D eigenvalue weighted by Crippen LogP contribution is -2.57. The molecule has 30 heavy (non-hydrogen) atoms. The highest BCUT2D eigenvalue weighted by Gasteiger charge is 2.61. The molecule has 1 saturated heterocycles. The highest BCUT2D eigenvalue weighted by atomic mass is 35.5. The van der Waals surface area contributed by atoms with Crippen LogP contribution in [0.4, 0.5) is 0 Å². The SMILES string of the molecule is C[C@]12CC/C(=N\O[C@@H]3CCNC3)C[C@@H]1[C@@H](CO)C[C@@H]1[C@@H]2CC[C@]2(C)C(=O)CC[C@@H]12.Cl. The van der Waals surface area contributed by atoms with Gasteiger partial charge in [0.1, 0.15) is 11.9 Å². The van der Waals surface area contributed by atoms with Crippen LogP contribution in [-0.2, 0) is 9.63 Å². The summed E-state index contributed by atoms with van der Waals surface area (Å²) in [5.41, 5.74) is 1.37. The highest BCUT2D eigenvalue weighted by molar-refractivity contribution is 5.87. The molecule has 8 atom stereocenters. The minimum atomic E-state index is -0.0885. The summed E-state index contributed by atoms with van der Waals surface area (Å²) in [6, 6.07) is 0. The summed E-state index contributed by atoms with van der Waals surface area (Å²) in [5.74, 6) is 3.17. The second-order valence-electron chi connectivity index (χ2n) is 11.2. The predicted molar refractivity (Wildman–Crippen MR) is 120 cm³/mol. The summed E-state index contributed by atoms with van der Waals surface area (Å²) in [6.45, 7) is 6.93. The molecule has 5 fully saturated rings. The van der Waals surface area contributed by atoms with Crippen molar-refractivity contribution in [1.82, 2.24) is 5.32 Å². The third-order valence-electron chi connectivity index (χ3n) is 9.97. The molecular weight excluding hydrogens is 400 g/mol. The number of fused-ring (bicyclic) bond motifs is 5. The zero-order valence-electron chi connectivity index (χ0n) is 18.6. The molecule has 0 unspecified atom stereocenters.